The van der Waals surface area contributed by atoms with Crippen LogP contribution >= 0.6 is 0 Å². The molecule has 1 aliphatic rings. The molecule has 116 valence electrons. The maximum atomic E-state index is 11.4. The normalized spacial score (nSPS) is 18.6. The molecule has 1 heterocycles. The second-order valence-corrected chi connectivity index (χ2v) is 5.74. The van der Waals surface area contributed by atoms with E-state index >= 15 is 0 Å². The average Bonchev–Trinajstić information content (AvgIpc) is 2.46. The number of benzene rings is 1. The summed E-state index contributed by atoms with van der Waals surface area (Å²) in [6, 6.07) is 4.34. The molecule has 1 aromatic carbocycles. The minimum Gasteiger partial charge on any atom is -0.493 e. The van der Waals surface area contributed by atoms with Crippen LogP contribution in [0.5, 0.6) is 5.75 Å². The van der Waals surface area contributed by atoms with E-state index in [0.717, 1.165) is 42.6 Å². The molecule has 4 heteroatoms. The Hall–Kier alpha value is -1.55. The van der Waals surface area contributed by atoms with Crippen LogP contribution < -0.4 is 15.8 Å². The van der Waals surface area contributed by atoms with E-state index in [0.29, 0.717) is 6.61 Å². The molecule has 0 spiro atoms. The number of nitrogens with two attached hydrogens (primary N) is 1. The van der Waals surface area contributed by atoms with Gasteiger partial charge in [-0.3, -0.25) is 4.79 Å². The van der Waals surface area contributed by atoms with Crippen LogP contribution in [0.15, 0.2) is 12.1 Å². The number of hydrogen-bond donors (Lipinski definition) is 2. The predicted octanol–water partition coefficient (Wildman–Crippen LogP) is 3.01. The molecule has 0 aromatic heterocycles. The van der Waals surface area contributed by atoms with Crippen molar-refractivity contribution in [3.8, 4) is 5.75 Å². The number of fused-ring (bicyclic) bond motifs is 1. The van der Waals surface area contributed by atoms with Gasteiger partial charge in [0.15, 0.2) is 0 Å². The third-order valence-electron chi connectivity index (χ3n) is 4.02. The standard InChI is InChI=1S/C17H26N2O2/c1-4-6-15(18)13-9-12(5-2)10-14-16(19-11(3)20)7-8-21-17(13)14/h9-10,15-16H,4-8,18H2,1-3H3,(H,19,20). The molecule has 0 saturated heterocycles. The number of rotatable bonds is 5. The van der Waals surface area contributed by atoms with E-state index in [4.69, 9.17) is 10.5 Å². The topological polar surface area (TPSA) is 64.3 Å². The molecule has 1 amide bonds. The lowest BCUT2D eigenvalue weighted by atomic mass is 9.90. The number of aryl methyl sites for hydroxylation is 1. The van der Waals surface area contributed by atoms with Crippen molar-refractivity contribution >= 4 is 5.91 Å². The zero-order chi connectivity index (χ0) is 15.4. The lowest BCUT2D eigenvalue weighted by Crippen LogP contribution is -2.31. The molecule has 0 fully saturated rings. The monoisotopic (exact) mass is 290 g/mol. The SMILES string of the molecule is CCCC(N)c1cc(CC)cc2c1OCCC2NC(C)=O. The van der Waals surface area contributed by atoms with Gasteiger partial charge in [0.1, 0.15) is 5.75 Å². The van der Waals surface area contributed by atoms with E-state index in [1.54, 1.807) is 6.92 Å². The van der Waals surface area contributed by atoms with Crippen LogP contribution in [0.2, 0.25) is 0 Å². The summed E-state index contributed by atoms with van der Waals surface area (Å²) in [7, 11) is 0. The van der Waals surface area contributed by atoms with Gasteiger partial charge in [0.2, 0.25) is 5.91 Å². The molecule has 2 atom stereocenters. The number of amides is 1. The molecule has 1 aromatic rings. The second-order valence-electron chi connectivity index (χ2n) is 5.74. The average molecular weight is 290 g/mol. The van der Waals surface area contributed by atoms with Crippen LogP contribution in [-0.4, -0.2) is 12.5 Å². The highest BCUT2D eigenvalue weighted by Crippen LogP contribution is 2.39. The summed E-state index contributed by atoms with van der Waals surface area (Å²) >= 11 is 0. The Morgan fingerprint density at radius 3 is 2.86 bits per heavy atom. The Labute approximate surface area is 127 Å². The summed E-state index contributed by atoms with van der Waals surface area (Å²) in [5.41, 5.74) is 9.74. The largest absolute Gasteiger partial charge is 0.493 e. The summed E-state index contributed by atoms with van der Waals surface area (Å²) in [5.74, 6) is 0.882. The smallest absolute Gasteiger partial charge is 0.217 e. The van der Waals surface area contributed by atoms with Gasteiger partial charge in [0, 0.05) is 30.5 Å². The summed E-state index contributed by atoms with van der Waals surface area (Å²) in [6.45, 7) is 6.45. The molecule has 4 nitrogen and oxygen atoms in total. The Morgan fingerprint density at radius 1 is 1.48 bits per heavy atom. The highest BCUT2D eigenvalue weighted by atomic mass is 16.5. The first-order valence-electron chi connectivity index (χ1n) is 7.89. The number of ether oxygens (including phenoxy) is 1. The lowest BCUT2D eigenvalue weighted by molar-refractivity contribution is -0.119. The van der Waals surface area contributed by atoms with Crippen molar-refractivity contribution in [1.29, 1.82) is 0 Å². The highest BCUT2D eigenvalue weighted by Gasteiger charge is 2.26. The van der Waals surface area contributed by atoms with Gasteiger partial charge in [-0.15, -0.1) is 0 Å². The quantitative estimate of drug-likeness (QED) is 0.876. The van der Waals surface area contributed by atoms with Gasteiger partial charge in [0.05, 0.1) is 12.6 Å². The van der Waals surface area contributed by atoms with Crippen LogP contribution in [0.25, 0.3) is 0 Å². The van der Waals surface area contributed by atoms with E-state index in [9.17, 15) is 4.79 Å². The zero-order valence-corrected chi connectivity index (χ0v) is 13.2. The van der Waals surface area contributed by atoms with Crippen LogP contribution in [0, 0.1) is 0 Å². The van der Waals surface area contributed by atoms with Crippen molar-refractivity contribution in [2.45, 2.75) is 58.5 Å². The minimum atomic E-state index is -0.00803. The number of nitrogens with one attached hydrogen (secondary N) is 1. The van der Waals surface area contributed by atoms with Crippen molar-refractivity contribution in [2.24, 2.45) is 5.73 Å². The molecule has 0 bridgehead atoms. The van der Waals surface area contributed by atoms with Crippen LogP contribution in [0.4, 0.5) is 0 Å². The van der Waals surface area contributed by atoms with Gasteiger partial charge in [-0.05, 0) is 18.4 Å². The minimum absolute atomic E-state index is 0.00541. The fraction of sp³-hybridized carbons (Fsp3) is 0.588. The molecule has 0 radical (unpaired) electrons. The van der Waals surface area contributed by atoms with E-state index in [2.05, 4.69) is 31.3 Å². The number of carbonyl (C=O) groups excluding carboxylic acids is 1. The van der Waals surface area contributed by atoms with Gasteiger partial charge < -0.3 is 15.8 Å². The first-order valence-corrected chi connectivity index (χ1v) is 7.89. The molecule has 2 rings (SSSR count). The van der Waals surface area contributed by atoms with E-state index in [1.165, 1.54) is 5.56 Å². The molecule has 3 N–H and O–H groups in total. The van der Waals surface area contributed by atoms with E-state index in [-0.39, 0.29) is 18.0 Å². The van der Waals surface area contributed by atoms with Crippen LogP contribution in [0.1, 0.15) is 68.8 Å². The molecule has 0 aliphatic carbocycles. The van der Waals surface area contributed by atoms with Crippen LogP contribution in [0.3, 0.4) is 0 Å². The summed E-state index contributed by atoms with van der Waals surface area (Å²) in [4.78, 5) is 11.4. The van der Waals surface area contributed by atoms with Gasteiger partial charge in [-0.2, -0.15) is 0 Å². The Bertz CT molecular complexity index is 514. The van der Waals surface area contributed by atoms with Crippen molar-refractivity contribution in [1.82, 2.24) is 5.32 Å². The summed E-state index contributed by atoms with van der Waals surface area (Å²) in [6.07, 6.45) is 3.74. The molecule has 0 saturated carbocycles. The first kappa shape index (κ1) is 15.8. The maximum absolute atomic E-state index is 11.4. The Kier molecular flexibility index (Phi) is 5.23. The Balaban J connectivity index is 2.45. The third kappa shape index (κ3) is 3.56. The predicted molar refractivity (Wildman–Crippen MR) is 84.3 cm³/mol. The zero-order valence-electron chi connectivity index (χ0n) is 13.2. The van der Waals surface area contributed by atoms with Gasteiger partial charge in [-0.1, -0.05) is 32.4 Å². The maximum Gasteiger partial charge on any atom is 0.217 e. The van der Waals surface area contributed by atoms with Crippen molar-refractivity contribution in [2.75, 3.05) is 6.61 Å². The van der Waals surface area contributed by atoms with E-state index < -0.39 is 0 Å². The van der Waals surface area contributed by atoms with Gasteiger partial charge >= 0.3 is 0 Å². The molecular weight excluding hydrogens is 264 g/mol. The van der Waals surface area contributed by atoms with Crippen molar-refractivity contribution in [3.63, 3.8) is 0 Å². The summed E-state index contributed by atoms with van der Waals surface area (Å²) < 4.78 is 5.90. The first-order chi connectivity index (χ1) is 10.1. The number of hydrogen-bond acceptors (Lipinski definition) is 3. The van der Waals surface area contributed by atoms with E-state index in [1.807, 2.05) is 0 Å². The Morgan fingerprint density at radius 2 is 2.24 bits per heavy atom. The molecule has 1 aliphatic heterocycles. The summed E-state index contributed by atoms with van der Waals surface area (Å²) in [5, 5.41) is 3.03. The third-order valence-corrected chi connectivity index (χ3v) is 4.02. The fourth-order valence-corrected chi connectivity index (χ4v) is 2.94. The molecular formula is C17H26N2O2. The highest BCUT2D eigenvalue weighted by molar-refractivity contribution is 5.73. The van der Waals surface area contributed by atoms with Gasteiger partial charge in [0.25, 0.3) is 0 Å². The van der Waals surface area contributed by atoms with Crippen LogP contribution in [-0.2, 0) is 11.2 Å². The second kappa shape index (κ2) is 6.94. The van der Waals surface area contributed by atoms with Crippen molar-refractivity contribution < 1.29 is 9.53 Å². The number of carbonyl (C=O) groups is 1. The van der Waals surface area contributed by atoms with Gasteiger partial charge in [-0.25, -0.2) is 0 Å². The van der Waals surface area contributed by atoms with Crippen molar-refractivity contribution in [3.05, 3.63) is 28.8 Å². The lowest BCUT2D eigenvalue weighted by Gasteiger charge is -2.30. The molecule has 21 heavy (non-hydrogen) atoms. The fourth-order valence-electron chi connectivity index (χ4n) is 2.94. The molecule has 2 unspecified atom stereocenters.